The van der Waals surface area contributed by atoms with Gasteiger partial charge in [0.1, 0.15) is 0 Å². The average molecular weight is 328 g/mol. The van der Waals surface area contributed by atoms with Crippen molar-refractivity contribution in [2.24, 2.45) is 0 Å². The second kappa shape index (κ2) is 16.0. The van der Waals surface area contributed by atoms with Gasteiger partial charge in [0.15, 0.2) is 0 Å². The first kappa shape index (κ1) is 36.0. The van der Waals surface area contributed by atoms with Crippen LogP contribution < -0.4 is 88.7 Å². The van der Waals surface area contributed by atoms with E-state index in [1.54, 1.807) is 0 Å². The van der Waals surface area contributed by atoms with Crippen LogP contribution in [0, 0.1) is 0 Å². The Labute approximate surface area is 154 Å². The second-order valence-electron chi connectivity index (χ2n) is 0.896. The molecule has 0 aromatic rings. The molecule has 0 fully saturated rings. The molecule has 0 spiro atoms. The maximum atomic E-state index is 8.82. The van der Waals surface area contributed by atoms with Gasteiger partial charge < -0.3 is 4.28 Å². The van der Waals surface area contributed by atoms with Crippen LogP contribution in [0.5, 0.6) is 0 Å². The summed E-state index contributed by atoms with van der Waals surface area (Å²) in [5.41, 5.74) is 0. The summed E-state index contributed by atoms with van der Waals surface area (Å²) in [6.07, 6.45) is 0. The van der Waals surface area contributed by atoms with Crippen LogP contribution in [0.1, 0.15) is 4.28 Å². The van der Waals surface area contributed by atoms with Crippen molar-refractivity contribution in [1.29, 1.82) is 0 Å². The van der Waals surface area contributed by atoms with Gasteiger partial charge in [-0.3, -0.25) is 4.70 Å². The quantitative estimate of drug-likeness (QED) is 0.320. The van der Waals surface area contributed by atoms with Crippen molar-refractivity contribution >= 4 is 0 Å². The maximum absolute atomic E-state index is 8.82. The van der Waals surface area contributed by atoms with Crippen LogP contribution >= 0.6 is 0 Å². The van der Waals surface area contributed by atoms with E-state index in [-0.39, 0.29) is 97.7 Å². The zero-order chi connectivity index (χ0) is 9.00. The summed E-state index contributed by atoms with van der Waals surface area (Å²) in [5.74, 6) is 0. The van der Waals surface area contributed by atoms with Crippen molar-refractivity contribution in [3.63, 3.8) is 0 Å². The summed E-state index contributed by atoms with van der Waals surface area (Å²) in [6, 6.07) is 0. The molecule has 0 heterocycles. The molecule has 0 rings (SSSR count). The molecule has 8 nitrogen and oxygen atoms in total. The summed E-state index contributed by atoms with van der Waals surface area (Å²) in [4.78, 5) is 0. The van der Waals surface area contributed by atoms with E-state index in [4.69, 9.17) is 31.8 Å². The van der Waals surface area contributed by atoms with Gasteiger partial charge in [0.25, 0.3) is 0 Å². The standard InChI is InChI=1S/2Cr.FH.3Na.4H2O.4O.3H/h;;1H;;;;4*1H2;;;;;;;/q2*+2;;3*+1;;;;;;;;;3*-1/p-4. The fourth-order valence-corrected chi connectivity index (χ4v) is 0. The molecule has 14 heavy (non-hydrogen) atoms. The molecule has 14 heteroatoms. The molecule has 0 aliphatic rings. The third kappa shape index (κ3) is 322. The van der Waals surface area contributed by atoms with Crippen LogP contribution in [0.2, 0.25) is 0 Å². The molecule has 0 aromatic carbocycles. The first-order chi connectivity index (χ1) is 4.00. The summed E-state index contributed by atoms with van der Waals surface area (Å²) in [6.45, 7) is 0. The zero-order valence-corrected chi connectivity index (χ0v) is 16.2. The zero-order valence-electron chi connectivity index (χ0n) is 10.6. The third-order valence-electron chi connectivity index (χ3n) is 0. The monoisotopic (exact) mass is 328 g/mol. The van der Waals surface area contributed by atoms with Gasteiger partial charge in [0.05, 0.1) is 0 Å². The second-order valence-corrected chi connectivity index (χ2v) is 3.69. The number of hydrogen-bond acceptors (Lipinski definition) is 4. The first-order valence-corrected chi connectivity index (χ1v) is 5.76. The predicted molar refractivity (Wildman–Crippen MR) is 17.5 cm³/mol. The van der Waals surface area contributed by atoms with Gasteiger partial charge in [-0.2, -0.15) is 0 Å². The van der Waals surface area contributed by atoms with Crippen molar-refractivity contribution in [3.05, 3.63) is 0 Å². The fourth-order valence-electron chi connectivity index (χ4n) is 0. The van der Waals surface area contributed by atoms with E-state index in [0.29, 0.717) is 0 Å². The summed E-state index contributed by atoms with van der Waals surface area (Å²) in [7, 11) is 0. The van der Waals surface area contributed by atoms with Crippen molar-refractivity contribution < 1.29 is 157 Å². The minimum absolute atomic E-state index is 0. The third-order valence-corrected chi connectivity index (χ3v) is 0. The first-order valence-electron chi connectivity index (χ1n) is 1.40. The van der Waals surface area contributed by atoms with Crippen LogP contribution in [0.3, 0.4) is 0 Å². The van der Waals surface area contributed by atoms with Gasteiger partial charge in [-0.1, -0.05) is 0 Å². The van der Waals surface area contributed by atoms with Crippen LogP contribution in [0.25, 0.3) is 0 Å². The van der Waals surface area contributed by atoms with E-state index >= 15 is 0 Å². The molecule has 0 atom stereocenters. The van der Waals surface area contributed by atoms with Crippen LogP contribution in [0.4, 0.5) is 4.70 Å². The molecular weight excluding hydrogens is 320 g/mol. The predicted octanol–water partition coefficient (Wildman–Crippen LogP) is -11.2. The number of hydrogen-bond donors (Lipinski definition) is 4. The molecular formula is H8Cr2FNa3O8. The van der Waals surface area contributed by atoms with Crippen molar-refractivity contribution in [3.8, 4) is 0 Å². The van der Waals surface area contributed by atoms with Crippen molar-refractivity contribution in [2.75, 3.05) is 0 Å². The Morgan fingerprint density at radius 3 is 0.643 bits per heavy atom. The molecule has 0 amide bonds. The molecule has 0 aliphatic carbocycles. The number of rotatable bonds is 0. The molecule has 0 aliphatic heterocycles. The van der Waals surface area contributed by atoms with Gasteiger partial charge in [0, 0.05) is 0 Å². The Balaban J connectivity index is -0.00000000762. The van der Waals surface area contributed by atoms with Crippen LogP contribution in [0.15, 0.2) is 0 Å². The molecule has 78 valence electrons. The van der Waals surface area contributed by atoms with E-state index in [1.165, 1.54) is 0 Å². The van der Waals surface area contributed by atoms with E-state index < -0.39 is 27.2 Å². The topological polar surface area (TPSA) is 149 Å². The minimum atomic E-state index is -5.25. The van der Waals surface area contributed by atoms with Gasteiger partial charge in [-0.25, -0.2) is 0 Å². The summed E-state index contributed by atoms with van der Waals surface area (Å²) < 4.78 is 63.8. The van der Waals surface area contributed by atoms with E-state index in [9.17, 15) is 0 Å². The average Bonchev–Trinajstić information content (AvgIpc) is 1.12. The molecule has 0 bridgehead atoms. The summed E-state index contributed by atoms with van der Waals surface area (Å²) >= 11 is -10.5. The molecule has 0 aromatic heterocycles. The normalized spacial score (nSPS) is 8.29. The van der Waals surface area contributed by atoms with E-state index in [2.05, 4.69) is 0 Å². The van der Waals surface area contributed by atoms with Crippen molar-refractivity contribution in [1.82, 2.24) is 0 Å². The molecule has 0 unspecified atom stereocenters. The molecule has 0 saturated carbocycles. The molecule has 0 saturated heterocycles. The fraction of sp³-hybridized carbons (Fsp3) is 0. The SMILES string of the molecule is F.[H-].[H-].[H-].[Na+].[Na+].[Na+].[O]=[Cr](=[O])([OH])[OH].[O]=[Cr](=[O])([OH])[OH]. The van der Waals surface area contributed by atoms with Gasteiger partial charge >= 0.3 is 148 Å². The molecule has 4 N–H and O–H groups in total. The van der Waals surface area contributed by atoms with Gasteiger partial charge in [-0.15, -0.1) is 0 Å². The molecule has 0 radical (unpaired) electrons. The Morgan fingerprint density at radius 2 is 0.643 bits per heavy atom. The van der Waals surface area contributed by atoms with Crippen LogP contribution in [-0.4, -0.2) is 16.6 Å². The van der Waals surface area contributed by atoms with Crippen LogP contribution in [-0.2, 0) is 42.4 Å². The Morgan fingerprint density at radius 1 is 0.643 bits per heavy atom. The van der Waals surface area contributed by atoms with E-state index in [0.717, 1.165) is 0 Å². The van der Waals surface area contributed by atoms with E-state index in [1.807, 2.05) is 0 Å². The van der Waals surface area contributed by atoms with Gasteiger partial charge in [-0.05, 0) is 0 Å². The summed E-state index contributed by atoms with van der Waals surface area (Å²) in [5, 5.41) is 0. The van der Waals surface area contributed by atoms with Crippen molar-refractivity contribution in [2.45, 2.75) is 0 Å². The Hall–Kier alpha value is 3.03. The van der Waals surface area contributed by atoms with Gasteiger partial charge in [0.2, 0.25) is 0 Å². The Kier molecular flexibility index (Phi) is 41.2. The Bertz CT molecular complexity index is 230. The number of halogens is 1.